The summed E-state index contributed by atoms with van der Waals surface area (Å²) in [5.41, 5.74) is 2.59. The SMILES string of the molecule is CC(SCC(=O)N1CCc2cc(S(N)(=O)=O)ccc21)c1ccccc1Cl. The van der Waals surface area contributed by atoms with Gasteiger partial charge < -0.3 is 4.90 Å². The van der Waals surface area contributed by atoms with E-state index in [-0.39, 0.29) is 16.1 Å². The van der Waals surface area contributed by atoms with Crippen LogP contribution in [0.25, 0.3) is 0 Å². The van der Waals surface area contributed by atoms with Gasteiger partial charge in [0.2, 0.25) is 15.9 Å². The molecule has 1 unspecified atom stereocenters. The number of nitrogens with zero attached hydrogens (tertiary/aromatic N) is 1. The lowest BCUT2D eigenvalue weighted by Gasteiger charge is -2.19. The normalized spacial score (nSPS) is 15.0. The fourth-order valence-electron chi connectivity index (χ4n) is 2.98. The molecule has 2 N–H and O–H groups in total. The monoisotopic (exact) mass is 410 g/mol. The number of primary sulfonamides is 1. The van der Waals surface area contributed by atoms with Crippen molar-refractivity contribution in [3.05, 3.63) is 58.6 Å². The molecule has 0 aliphatic carbocycles. The Kier molecular flexibility index (Phi) is 5.62. The molecule has 1 heterocycles. The van der Waals surface area contributed by atoms with Crippen LogP contribution >= 0.6 is 23.4 Å². The Hall–Kier alpha value is -1.54. The molecule has 5 nitrogen and oxygen atoms in total. The molecule has 1 atom stereocenters. The van der Waals surface area contributed by atoms with E-state index in [9.17, 15) is 13.2 Å². The van der Waals surface area contributed by atoms with E-state index in [1.54, 1.807) is 17.0 Å². The van der Waals surface area contributed by atoms with Gasteiger partial charge in [0.25, 0.3) is 0 Å². The molecular formula is C18H19ClN2O3S2. The maximum absolute atomic E-state index is 12.6. The number of hydrogen-bond donors (Lipinski definition) is 1. The summed E-state index contributed by atoms with van der Waals surface area (Å²) in [6.45, 7) is 2.57. The van der Waals surface area contributed by atoms with Crippen LogP contribution in [0.15, 0.2) is 47.4 Å². The van der Waals surface area contributed by atoms with E-state index in [0.29, 0.717) is 23.7 Å². The summed E-state index contributed by atoms with van der Waals surface area (Å²) in [6, 6.07) is 12.3. The molecule has 0 fully saturated rings. The Balaban J connectivity index is 1.68. The number of rotatable bonds is 5. The Morgan fingerprint density at radius 3 is 2.73 bits per heavy atom. The van der Waals surface area contributed by atoms with E-state index in [1.807, 2.05) is 31.2 Å². The standard InChI is InChI=1S/C18H19ClN2O3S2/c1-12(15-4-2-3-5-16(15)19)25-11-18(22)21-9-8-13-10-14(26(20,23)24)6-7-17(13)21/h2-7,10,12H,8-9,11H2,1H3,(H2,20,23,24). The molecule has 26 heavy (non-hydrogen) atoms. The van der Waals surface area contributed by atoms with Crippen molar-refractivity contribution in [3.8, 4) is 0 Å². The number of anilines is 1. The van der Waals surface area contributed by atoms with E-state index in [4.69, 9.17) is 16.7 Å². The van der Waals surface area contributed by atoms with Crippen LogP contribution in [0.1, 0.15) is 23.3 Å². The smallest absolute Gasteiger partial charge is 0.238 e. The molecule has 0 aromatic heterocycles. The Morgan fingerprint density at radius 2 is 2.04 bits per heavy atom. The van der Waals surface area contributed by atoms with Gasteiger partial charge in [-0.1, -0.05) is 29.8 Å². The van der Waals surface area contributed by atoms with Crippen molar-refractivity contribution in [1.82, 2.24) is 0 Å². The number of benzene rings is 2. The second-order valence-electron chi connectivity index (χ2n) is 6.11. The van der Waals surface area contributed by atoms with Crippen molar-refractivity contribution in [2.45, 2.75) is 23.5 Å². The van der Waals surface area contributed by atoms with Crippen molar-refractivity contribution < 1.29 is 13.2 Å². The molecule has 3 rings (SSSR count). The number of hydrogen-bond acceptors (Lipinski definition) is 4. The minimum Gasteiger partial charge on any atom is -0.311 e. The summed E-state index contributed by atoms with van der Waals surface area (Å²) in [7, 11) is -3.74. The quantitative estimate of drug-likeness (QED) is 0.819. The topological polar surface area (TPSA) is 80.5 Å². The lowest BCUT2D eigenvalue weighted by molar-refractivity contribution is -0.116. The van der Waals surface area contributed by atoms with Crippen LogP contribution in [0.3, 0.4) is 0 Å². The summed E-state index contributed by atoms with van der Waals surface area (Å²) in [5, 5.41) is 5.96. The summed E-state index contributed by atoms with van der Waals surface area (Å²) in [4.78, 5) is 14.4. The van der Waals surface area contributed by atoms with Gasteiger partial charge in [0, 0.05) is 22.5 Å². The minimum atomic E-state index is -3.74. The number of sulfonamides is 1. The molecule has 0 bridgehead atoms. The molecule has 1 aliphatic rings. The van der Waals surface area contributed by atoms with Gasteiger partial charge in [-0.25, -0.2) is 13.6 Å². The third-order valence-corrected chi connectivity index (χ3v) is 6.80. The highest BCUT2D eigenvalue weighted by molar-refractivity contribution is 8.00. The van der Waals surface area contributed by atoms with E-state index >= 15 is 0 Å². The van der Waals surface area contributed by atoms with Crippen molar-refractivity contribution in [1.29, 1.82) is 0 Å². The van der Waals surface area contributed by atoms with Crippen LogP contribution in [0.2, 0.25) is 5.02 Å². The molecule has 138 valence electrons. The second kappa shape index (κ2) is 7.60. The number of carbonyl (C=O) groups is 1. The van der Waals surface area contributed by atoms with E-state index in [1.165, 1.54) is 17.8 Å². The maximum Gasteiger partial charge on any atom is 0.238 e. The molecule has 0 saturated carbocycles. The Morgan fingerprint density at radius 1 is 1.31 bits per heavy atom. The van der Waals surface area contributed by atoms with Gasteiger partial charge in [0.05, 0.1) is 10.6 Å². The lowest BCUT2D eigenvalue weighted by atomic mass is 10.2. The first kappa shape index (κ1) is 19.2. The van der Waals surface area contributed by atoms with Gasteiger partial charge in [-0.3, -0.25) is 4.79 Å². The van der Waals surface area contributed by atoms with E-state index in [2.05, 4.69) is 0 Å². The van der Waals surface area contributed by atoms with E-state index < -0.39 is 10.0 Å². The molecule has 1 amide bonds. The molecular weight excluding hydrogens is 392 g/mol. The molecule has 8 heteroatoms. The summed E-state index contributed by atoms with van der Waals surface area (Å²) < 4.78 is 22.9. The Labute approximate surface area is 162 Å². The fourth-order valence-corrected chi connectivity index (χ4v) is 4.84. The average molecular weight is 411 g/mol. The van der Waals surface area contributed by atoms with Crippen LogP contribution in [0.5, 0.6) is 0 Å². The summed E-state index contributed by atoms with van der Waals surface area (Å²) in [6.07, 6.45) is 0.620. The van der Waals surface area contributed by atoms with Gasteiger partial charge in [-0.15, -0.1) is 11.8 Å². The van der Waals surface area contributed by atoms with Gasteiger partial charge in [0.1, 0.15) is 0 Å². The van der Waals surface area contributed by atoms with Gasteiger partial charge in [-0.2, -0.15) is 0 Å². The van der Waals surface area contributed by atoms with Gasteiger partial charge in [0.15, 0.2) is 0 Å². The predicted octanol–water partition coefficient (Wildman–Crippen LogP) is 3.37. The number of fused-ring (bicyclic) bond motifs is 1. The zero-order chi connectivity index (χ0) is 18.9. The zero-order valence-electron chi connectivity index (χ0n) is 14.2. The minimum absolute atomic E-state index is 0.00370. The third-order valence-electron chi connectivity index (χ3n) is 4.38. The van der Waals surface area contributed by atoms with Gasteiger partial charge in [-0.05, 0) is 48.7 Å². The van der Waals surface area contributed by atoms with Crippen molar-refractivity contribution in [3.63, 3.8) is 0 Å². The van der Waals surface area contributed by atoms with Crippen molar-refractivity contribution >= 4 is 45.0 Å². The predicted molar refractivity (Wildman–Crippen MR) is 106 cm³/mol. The van der Waals surface area contributed by atoms with Crippen LogP contribution in [-0.4, -0.2) is 26.6 Å². The number of halogens is 1. The number of nitrogens with two attached hydrogens (primary N) is 1. The highest BCUT2D eigenvalue weighted by atomic mass is 35.5. The number of thioether (sulfide) groups is 1. The third kappa shape index (κ3) is 4.06. The largest absolute Gasteiger partial charge is 0.311 e. The molecule has 2 aromatic rings. The molecule has 1 aliphatic heterocycles. The average Bonchev–Trinajstić information content (AvgIpc) is 3.02. The molecule has 0 saturated heterocycles. The van der Waals surface area contributed by atoms with E-state index in [0.717, 1.165) is 16.8 Å². The fraction of sp³-hybridized carbons (Fsp3) is 0.278. The first-order valence-electron chi connectivity index (χ1n) is 8.09. The van der Waals surface area contributed by atoms with Crippen LogP contribution in [0, 0.1) is 0 Å². The lowest BCUT2D eigenvalue weighted by Crippen LogP contribution is -2.30. The first-order chi connectivity index (χ1) is 12.3. The maximum atomic E-state index is 12.6. The zero-order valence-corrected chi connectivity index (χ0v) is 16.6. The molecule has 0 radical (unpaired) electrons. The van der Waals surface area contributed by atoms with Crippen LogP contribution in [-0.2, 0) is 21.2 Å². The van der Waals surface area contributed by atoms with Crippen molar-refractivity contribution in [2.75, 3.05) is 17.2 Å². The molecule has 2 aromatic carbocycles. The van der Waals surface area contributed by atoms with Gasteiger partial charge >= 0.3 is 0 Å². The second-order valence-corrected chi connectivity index (χ2v) is 9.40. The first-order valence-corrected chi connectivity index (χ1v) is 11.1. The number of amides is 1. The van der Waals surface area contributed by atoms with Crippen LogP contribution < -0.4 is 10.0 Å². The number of carbonyl (C=O) groups excluding carboxylic acids is 1. The highest BCUT2D eigenvalue weighted by Crippen LogP contribution is 2.35. The molecule has 0 spiro atoms. The summed E-state index contributed by atoms with van der Waals surface area (Å²) >= 11 is 7.74. The summed E-state index contributed by atoms with van der Waals surface area (Å²) in [5.74, 6) is 0.318. The van der Waals surface area contributed by atoms with Crippen molar-refractivity contribution in [2.24, 2.45) is 5.14 Å². The van der Waals surface area contributed by atoms with Crippen LogP contribution in [0.4, 0.5) is 5.69 Å². The Bertz CT molecular complexity index is 947. The highest BCUT2D eigenvalue weighted by Gasteiger charge is 2.26.